The second-order valence-electron chi connectivity index (χ2n) is 11.4. The zero-order chi connectivity index (χ0) is 26.1. The number of Topliss-reactive ketones (excluding diaryl/α,β-unsaturated/α-hetero) is 1. The first-order valence-electron chi connectivity index (χ1n) is 12.7. The molecule has 0 bridgehead atoms. The number of nitrogens with zero attached hydrogens (tertiary/aromatic N) is 1. The van der Waals surface area contributed by atoms with Gasteiger partial charge < -0.3 is 20.3 Å². The van der Waals surface area contributed by atoms with Crippen LogP contribution in [-0.2, 0) is 14.3 Å². The molecular formula is C27H42N2O5S. The molecule has 2 fully saturated rings. The number of aryl methyl sites for hydroxylation is 1. The minimum atomic E-state index is -1.17. The zero-order valence-corrected chi connectivity index (χ0v) is 22.9. The zero-order valence-electron chi connectivity index (χ0n) is 22.1. The summed E-state index contributed by atoms with van der Waals surface area (Å²) >= 11 is 1.58. The number of carbonyl (C=O) groups is 2. The molecule has 0 aromatic carbocycles. The Bertz CT molecular complexity index is 957. The van der Waals surface area contributed by atoms with Crippen molar-refractivity contribution in [2.75, 3.05) is 0 Å². The van der Waals surface area contributed by atoms with E-state index in [0.717, 1.165) is 35.5 Å². The van der Waals surface area contributed by atoms with Crippen molar-refractivity contribution in [3.63, 3.8) is 0 Å². The lowest BCUT2D eigenvalue weighted by molar-refractivity contribution is -0.143. The summed E-state index contributed by atoms with van der Waals surface area (Å²) in [5.41, 5.74) is 0.410. The number of thiazole rings is 1. The summed E-state index contributed by atoms with van der Waals surface area (Å²) in [5.74, 6) is -1.24. The van der Waals surface area contributed by atoms with Crippen LogP contribution in [0.4, 0.5) is 0 Å². The Kier molecular flexibility index (Phi) is 8.62. The molecule has 196 valence electrons. The summed E-state index contributed by atoms with van der Waals surface area (Å²) in [6, 6.07) is -0.269. The highest BCUT2D eigenvalue weighted by Crippen LogP contribution is 2.44. The summed E-state index contributed by atoms with van der Waals surface area (Å²) < 4.78 is 6.10. The Labute approximate surface area is 213 Å². The lowest BCUT2D eigenvalue weighted by Gasteiger charge is -2.34. The summed E-state index contributed by atoms with van der Waals surface area (Å²) in [6.45, 7) is 13.0. The largest absolute Gasteiger partial charge is 0.392 e. The minimum absolute atomic E-state index is 0.0170. The maximum atomic E-state index is 13.2. The summed E-state index contributed by atoms with van der Waals surface area (Å²) in [7, 11) is 0. The molecule has 2 aliphatic rings. The number of rotatable bonds is 2. The standard InChI is InChI=1S/C27H42N2O5S/c1-15-9-8-10-27(7)22(34-27)12-20(16(2)11-19-14-35-18(4)28-19)29-23(31)13-21(30)26(5,6)25(33)17(3)24(15)32/h11,14-15,17,20-22,24,30,32H,8-10,12-13H2,1-7H3,(H,29,31)/t15-,17-,20-,21-,22-,24+,27+/m0/s1. The van der Waals surface area contributed by atoms with E-state index in [4.69, 9.17) is 4.74 Å². The molecule has 1 amide bonds. The third kappa shape index (κ3) is 6.59. The Morgan fingerprint density at radius 2 is 1.94 bits per heavy atom. The molecule has 1 aromatic heterocycles. The van der Waals surface area contributed by atoms with E-state index in [9.17, 15) is 19.8 Å². The summed E-state index contributed by atoms with van der Waals surface area (Å²) in [6.07, 6.45) is 2.99. The summed E-state index contributed by atoms with van der Waals surface area (Å²) in [5, 5.41) is 27.8. The van der Waals surface area contributed by atoms with Crippen molar-refractivity contribution in [3.05, 3.63) is 21.7 Å². The van der Waals surface area contributed by atoms with Gasteiger partial charge in [0.1, 0.15) is 5.78 Å². The third-order valence-electron chi connectivity index (χ3n) is 8.07. The van der Waals surface area contributed by atoms with Gasteiger partial charge in [-0.15, -0.1) is 11.3 Å². The van der Waals surface area contributed by atoms with Crippen molar-refractivity contribution < 1.29 is 24.5 Å². The Morgan fingerprint density at radius 3 is 2.57 bits per heavy atom. The molecule has 7 atom stereocenters. The van der Waals surface area contributed by atoms with Gasteiger partial charge in [0.2, 0.25) is 5.91 Å². The smallest absolute Gasteiger partial charge is 0.223 e. The van der Waals surface area contributed by atoms with Gasteiger partial charge in [-0.1, -0.05) is 34.1 Å². The fourth-order valence-electron chi connectivity index (χ4n) is 5.19. The predicted molar refractivity (Wildman–Crippen MR) is 138 cm³/mol. The van der Waals surface area contributed by atoms with E-state index in [1.54, 1.807) is 32.1 Å². The molecule has 3 rings (SSSR count). The maximum absolute atomic E-state index is 13.2. The van der Waals surface area contributed by atoms with Gasteiger partial charge in [0.25, 0.3) is 0 Å². The second kappa shape index (κ2) is 10.8. The van der Waals surface area contributed by atoms with Gasteiger partial charge in [-0.05, 0) is 51.2 Å². The molecule has 8 heteroatoms. The Hall–Kier alpha value is -1.61. The molecular weight excluding hydrogens is 464 g/mol. The van der Waals surface area contributed by atoms with Gasteiger partial charge in [-0.25, -0.2) is 4.98 Å². The normalized spacial score (nSPS) is 37.5. The van der Waals surface area contributed by atoms with Gasteiger partial charge in [-0.2, -0.15) is 0 Å². The molecule has 7 nitrogen and oxygen atoms in total. The lowest BCUT2D eigenvalue weighted by atomic mass is 9.72. The Morgan fingerprint density at radius 1 is 1.26 bits per heavy atom. The lowest BCUT2D eigenvalue weighted by Crippen LogP contribution is -2.47. The molecule has 0 aliphatic carbocycles. The molecule has 0 spiro atoms. The van der Waals surface area contributed by atoms with Gasteiger partial charge in [-0.3, -0.25) is 9.59 Å². The number of aromatic nitrogens is 1. The fourth-order valence-corrected chi connectivity index (χ4v) is 5.76. The molecule has 1 aromatic rings. The highest BCUT2D eigenvalue weighted by atomic mass is 32.1. The van der Waals surface area contributed by atoms with Crippen molar-refractivity contribution in [1.82, 2.24) is 10.3 Å². The highest BCUT2D eigenvalue weighted by molar-refractivity contribution is 7.09. The molecule has 0 unspecified atom stereocenters. The van der Waals surface area contributed by atoms with Crippen molar-refractivity contribution in [2.45, 2.75) is 111 Å². The average molecular weight is 507 g/mol. The van der Waals surface area contributed by atoms with E-state index >= 15 is 0 Å². The molecule has 2 saturated heterocycles. The third-order valence-corrected chi connectivity index (χ3v) is 8.86. The number of epoxide rings is 1. The first-order valence-corrected chi connectivity index (χ1v) is 13.6. The van der Waals surface area contributed by atoms with Crippen LogP contribution in [0.3, 0.4) is 0 Å². The van der Waals surface area contributed by atoms with Crippen LogP contribution in [0.1, 0.15) is 84.3 Å². The number of ether oxygens (including phenoxy) is 1. The summed E-state index contributed by atoms with van der Waals surface area (Å²) in [4.78, 5) is 30.8. The van der Waals surface area contributed by atoms with Crippen LogP contribution in [-0.4, -0.2) is 56.8 Å². The van der Waals surface area contributed by atoms with Crippen LogP contribution in [0, 0.1) is 24.2 Å². The predicted octanol–water partition coefficient (Wildman–Crippen LogP) is 4.05. The number of amides is 1. The number of nitrogens with one attached hydrogen (secondary N) is 1. The monoisotopic (exact) mass is 506 g/mol. The van der Waals surface area contributed by atoms with Gasteiger partial charge in [0.05, 0.1) is 52.5 Å². The number of hydrogen-bond acceptors (Lipinski definition) is 7. The van der Waals surface area contributed by atoms with Crippen LogP contribution in [0.2, 0.25) is 0 Å². The van der Waals surface area contributed by atoms with Crippen molar-refractivity contribution in [3.8, 4) is 0 Å². The van der Waals surface area contributed by atoms with E-state index in [2.05, 4.69) is 17.2 Å². The van der Waals surface area contributed by atoms with E-state index in [-0.39, 0.29) is 41.8 Å². The second-order valence-corrected chi connectivity index (χ2v) is 12.5. The molecule has 0 radical (unpaired) electrons. The van der Waals surface area contributed by atoms with Gasteiger partial charge >= 0.3 is 0 Å². The van der Waals surface area contributed by atoms with Gasteiger partial charge in [0, 0.05) is 17.7 Å². The molecule has 0 saturated carbocycles. The number of ketones is 1. The average Bonchev–Trinajstić information content (AvgIpc) is 3.22. The van der Waals surface area contributed by atoms with Gasteiger partial charge in [0.15, 0.2) is 0 Å². The topological polar surface area (TPSA) is 112 Å². The van der Waals surface area contributed by atoms with Crippen molar-refractivity contribution in [1.29, 1.82) is 0 Å². The van der Waals surface area contributed by atoms with E-state index in [1.165, 1.54) is 0 Å². The molecule has 35 heavy (non-hydrogen) atoms. The van der Waals surface area contributed by atoms with E-state index in [0.29, 0.717) is 6.42 Å². The number of aliphatic hydroxyl groups is 2. The quantitative estimate of drug-likeness (QED) is 0.522. The maximum Gasteiger partial charge on any atom is 0.223 e. The molecule has 2 aliphatic heterocycles. The number of carbonyl (C=O) groups excluding carboxylic acids is 2. The number of hydrogen-bond donors (Lipinski definition) is 3. The van der Waals surface area contributed by atoms with Crippen LogP contribution in [0.15, 0.2) is 11.0 Å². The molecule has 3 N–H and O–H groups in total. The van der Waals surface area contributed by atoms with Crippen molar-refractivity contribution in [2.24, 2.45) is 17.3 Å². The number of fused-ring (bicyclic) bond motifs is 1. The highest BCUT2D eigenvalue weighted by Gasteiger charge is 2.52. The van der Waals surface area contributed by atoms with E-state index < -0.39 is 23.5 Å². The number of aliphatic hydroxyl groups excluding tert-OH is 2. The fraction of sp³-hybridized carbons (Fsp3) is 0.741. The SMILES string of the molecule is CC(=Cc1csc(C)n1)[C@@H]1C[C@@H]2O[C@]2(C)CCC[C@H](C)[C@@H](O)[C@H](C)C(=O)C(C)(C)[C@@H](O)CC(=O)N1. The first-order chi connectivity index (χ1) is 16.2. The van der Waals surface area contributed by atoms with Crippen molar-refractivity contribution >= 4 is 29.1 Å². The minimum Gasteiger partial charge on any atom is -0.392 e. The van der Waals surface area contributed by atoms with Crippen LogP contribution < -0.4 is 5.32 Å². The van der Waals surface area contributed by atoms with Crippen LogP contribution in [0.5, 0.6) is 0 Å². The molecule has 3 heterocycles. The van der Waals surface area contributed by atoms with E-state index in [1.807, 2.05) is 32.2 Å². The Balaban J connectivity index is 1.85. The first kappa shape index (κ1) is 28.0. The van der Waals surface area contributed by atoms with Crippen LogP contribution in [0.25, 0.3) is 6.08 Å². The van der Waals surface area contributed by atoms with Crippen LogP contribution >= 0.6 is 11.3 Å².